The molecule has 1 N–H and O–H groups in total. The number of aryl methyl sites for hydroxylation is 1. The Bertz CT molecular complexity index is 508. The summed E-state index contributed by atoms with van der Waals surface area (Å²) in [5.74, 6) is -0.101. The number of carboxylic acid groups (broad SMARTS) is 1. The van der Waals surface area contributed by atoms with E-state index in [9.17, 15) is 4.79 Å². The van der Waals surface area contributed by atoms with E-state index < -0.39 is 5.97 Å². The van der Waals surface area contributed by atoms with Crippen molar-refractivity contribution in [1.82, 2.24) is 10.1 Å². The van der Waals surface area contributed by atoms with E-state index in [1.165, 1.54) is 11.3 Å². The van der Waals surface area contributed by atoms with Crippen molar-refractivity contribution >= 4 is 29.1 Å². The average Bonchev–Trinajstić information content (AvgIpc) is 2.86. The molecule has 0 amide bonds. The Morgan fingerprint density at radius 1 is 1.65 bits per heavy atom. The monoisotopic (exact) mass is 270 g/mol. The number of nitrogens with zero attached hydrogens (tertiary/aromatic N) is 2. The normalized spacial score (nSPS) is 10.6. The summed E-state index contributed by atoms with van der Waals surface area (Å²) in [6, 6.07) is 0. The molecule has 5 nitrogen and oxygen atoms in total. The molecule has 0 aliphatic heterocycles. The summed E-state index contributed by atoms with van der Waals surface area (Å²) < 4.78 is 5.60. The van der Waals surface area contributed by atoms with Crippen molar-refractivity contribution in [3.63, 3.8) is 0 Å². The molecule has 0 spiro atoms. The van der Waals surface area contributed by atoms with E-state index in [0.29, 0.717) is 0 Å². The quantitative estimate of drug-likeness (QED) is 0.840. The third-order valence-electron chi connectivity index (χ3n) is 2.03. The van der Waals surface area contributed by atoms with Crippen molar-refractivity contribution in [2.75, 3.05) is 0 Å². The van der Waals surface area contributed by atoms with Crippen molar-refractivity contribution in [1.29, 1.82) is 0 Å². The standard InChI is InChI=1S/C10H10N2O3S2/c1-6-8(2-9(13)14)17-10(12-6)16-5-7-3-11-15-4-7/h3-4H,2,5H2,1H3,(H,13,14). The topological polar surface area (TPSA) is 76.2 Å². The lowest BCUT2D eigenvalue weighted by molar-refractivity contribution is -0.136. The maximum absolute atomic E-state index is 10.6. The highest BCUT2D eigenvalue weighted by molar-refractivity contribution is 8.00. The Kier molecular flexibility index (Phi) is 3.80. The largest absolute Gasteiger partial charge is 0.481 e. The molecule has 2 aromatic heterocycles. The predicted molar refractivity (Wildman–Crippen MR) is 64.3 cm³/mol. The number of hydrogen-bond acceptors (Lipinski definition) is 6. The van der Waals surface area contributed by atoms with Crippen LogP contribution in [0.2, 0.25) is 0 Å². The molecule has 0 saturated heterocycles. The van der Waals surface area contributed by atoms with Gasteiger partial charge in [-0.1, -0.05) is 16.9 Å². The number of aromatic nitrogens is 2. The van der Waals surface area contributed by atoms with Gasteiger partial charge >= 0.3 is 5.97 Å². The molecule has 2 aromatic rings. The van der Waals surface area contributed by atoms with Gasteiger partial charge < -0.3 is 9.63 Å². The maximum Gasteiger partial charge on any atom is 0.308 e. The van der Waals surface area contributed by atoms with Gasteiger partial charge in [0, 0.05) is 16.2 Å². The maximum atomic E-state index is 10.6. The summed E-state index contributed by atoms with van der Waals surface area (Å²) in [4.78, 5) is 15.8. The van der Waals surface area contributed by atoms with Crippen LogP contribution < -0.4 is 0 Å². The molecule has 0 aliphatic rings. The zero-order valence-corrected chi connectivity index (χ0v) is 10.7. The second kappa shape index (κ2) is 5.33. The number of rotatable bonds is 5. The van der Waals surface area contributed by atoms with Crippen LogP contribution in [0.15, 0.2) is 21.3 Å². The first-order valence-electron chi connectivity index (χ1n) is 4.84. The van der Waals surface area contributed by atoms with Crippen molar-refractivity contribution < 1.29 is 14.4 Å². The van der Waals surface area contributed by atoms with Crippen LogP contribution in [-0.2, 0) is 17.0 Å². The highest BCUT2D eigenvalue weighted by Crippen LogP contribution is 2.29. The highest BCUT2D eigenvalue weighted by atomic mass is 32.2. The number of carbonyl (C=O) groups is 1. The van der Waals surface area contributed by atoms with Gasteiger partial charge in [0.15, 0.2) is 4.34 Å². The Morgan fingerprint density at radius 3 is 3.12 bits per heavy atom. The van der Waals surface area contributed by atoms with E-state index in [0.717, 1.165) is 26.2 Å². The minimum atomic E-state index is -0.827. The second-order valence-electron chi connectivity index (χ2n) is 3.38. The van der Waals surface area contributed by atoms with Gasteiger partial charge in [0.1, 0.15) is 6.26 Å². The van der Waals surface area contributed by atoms with Crippen molar-refractivity contribution in [2.24, 2.45) is 0 Å². The second-order valence-corrected chi connectivity index (χ2v) is 5.69. The lowest BCUT2D eigenvalue weighted by Gasteiger charge is -1.91. The number of carboxylic acids is 1. The van der Waals surface area contributed by atoms with E-state index in [-0.39, 0.29) is 6.42 Å². The van der Waals surface area contributed by atoms with Crippen molar-refractivity contribution in [3.05, 3.63) is 28.6 Å². The van der Waals surface area contributed by atoms with E-state index >= 15 is 0 Å². The number of thiazole rings is 1. The molecule has 0 saturated carbocycles. The zero-order valence-electron chi connectivity index (χ0n) is 9.04. The minimum absolute atomic E-state index is 0.0390. The van der Waals surface area contributed by atoms with Crippen LogP contribution in [0, 0.1) is 6.92 Å². The SMILES string of the molecule is Cc1nc(SCc2cnoc2)sc1CC(=O)O. The van der Waals surface area contributed by atoms with Gasteiger partial charge in [-0.2, -0.15) is 0 Å². The van der Waals surface area contributed by atoms with Gasteiger partial charge in [0.25, 0.3) is 0 Å². The summed E-state index contributed by atoms with van der Waals surface area (Å²) >= 11 is 2.98. The van der Waals surface area contributed by atoms with Gasteiger partial charge in [0.2, 0.25) is 0 Å². The fraction of sp³-hybridized carbons (Fsp3) is 0.300. The molecule has 7 heteroatoms. The number of aliphatic carboxylic acids is 1. The minimum Gasteiger partial charge on any atom is -0.481 e. The lowest BCUT2D eigenvalue weighted by atomic mass is 10.3. The zero-order chi connectivity index (χ0) is 12.3. The van der Waals surface area contributed by atoms with E-state index in [2.05, 4.69) is 10.1 Å². The third-order valence-corrected chi connectivity index (χ3v) is 4.40. The van der Waals surface area contributed by atoms with E-state index in [1.807, 2.05) is 6.92 Å². The van der Waals surface area contributed by atoms with Crippen LogP contribution in [0.3, 0.4) is 0 Å². The van der Waals surface area contributed by atoms with E-state index in [1.54, 1.807) is 24.2 Å². The summed E-state index contributed by atoms with van der Waals surface area (Å²) in [7, 11) is 0. The van der Waals surface area contributed by atoms with Crippen LogP contribution in [0.25, 0.3) is 0 Å². The Balaban J connectivity index is 1.99. The van der Waals surface area contributed by atoms with E-state index in [4.69, 9.17) is 9.63 Å². The highest BCUT2D eigenvalue weighted by Gasteiger charge is 2.11. The smallest absolute Gasteiger partial charge is 0.308 e. The Morgan fingerprint density at radius 2 is 2.47 bits per heavy atom. The van der Waals surface area contributed by atoms with Crippen molar-refractivity contribution in [3.8, 4) is 0 Å². The number of thioether (sulfide) groups is 1. The Hall–Kier alpha value is -1.34. The molecule has 0 fully saturated rings. The summed E-state index contributed by atoms with van der Waals surface area (Å²) in [5.41, 5.74) is 1.79. The summed E-state index contributed by atoms with van der Waals surface area (Å²) in [5, 5.41) is 12.3. The fourth-order valence-corrected chi connectivity index (χ4v) is 3.34. The molecule has 0 aliphatic carbocycles. The molecule has 0 atom stereocenters. The van der Waals surface area contributed by atoms with Gasteiger partial charge in [-0.25, -0.2) is 4.98 Å². The molecule has 17 heavy (non-hydrogen) atoms. The molecule has 90 valence electrons. The molecule has 2 heterocycles. The third kappa shape index (κ3) is 3.31. The average molecular weight is 270 g/mol. The first-order valence-corrected chi connectivity index (χ1v) is 6.64. The Labute approximate surface area is 106 Å². The van der Waals surface area contributed by atoms with Gasteiger partial charge in [-0.15, -0.1) is 11.3 Å². The molecule has 0 unspecified atom stereocenters. The number of hydrogen-bond donors (Lipinski definition) is 1. The van der Waals surface area contributed by atoms with Gasteiger partial charge in [-0.3, -0.25) is 4.79 Å². The molecule has 0 bridgehead atoms. The van der Waals surface area contributed by atoms with Gasteiger partial charge in [0.05, 0.1) is 18.3 Å². The van der Waals surface area contributed by atoms with Crippen LogP contribution >= 0.6 is 23.1 Å². The van der Waals surface area contributed by atoms with Crippen LogP contribution in [0.1, 0.15) is 16.1 Å². The predicted octanol–water partition coefficient (Wildman–Crippen LogP) is 2.36. The molecular formula is C10H10N2O3S2. The molecule has 2 rings (SSSR count). The summed E-state index contributed by atoms with van der Waals surface area (Å²) in [6.07, 6.45) is 3.29. The van der Waals surface area contributed by atoms with Crippen LogP contribution in [0.4, 0.5) is 0 Å². The fourth-order valence-electron chi connectivity index (χ4n) is 1.21. The van der Waals surface area contributed by atoms with Crippen LogP contribution in [-0.4, -0.2) is 21.2 Å². The lowest BCUT2D eigenvalue weighted by Crippen LogP contribution is -1.99. The molecule has 0 aromatic carbocycles. The van der Waals surface area contributed by atoms with Crippen molar-refractivity contribution in [2.45, 2.75) is 23.4 Å². The van der Waals surface area contributed by atoms with Gasteiger partial charge in [-0.05, 0) is 6.92 Å². The van der Waals surface area contributed by atoms with Crippen LogP contribution in [0.5, 0.6) is 0 Å². The first-order chi connectivity index (χ1) is 8.15. The summed E-state index contributed by atoms with van der Waals surface area (Å²) in [6.45, 7) is 1.83. The molecular weight excluding hydrogens is 260 g/mol. The first kappa shape index (κ1) is 12.1. The molecule has 0 radical (unpaired) electrons.